The fourth-order valence-corrected chi connectivity index (χ4v) is 0.917. The van der Waals surface area contributed by atoms with E-state index in [4.69, 9.17) is 15.6 Å². The lowest BCUT2D eigenvalue weighted by molar-refractivity contribution is -0.137. The summed E-state index contributed by atoms with van der Waals surface area (Å²) in [6.07, 6.45) is -0.238. The lowest BCUT2D eigenvalue weighted by Gasteiger charge is -2.07. The lowest BCUT2D eigenvalue weighted by Crippen LogP contribution is -2.06. The highest BCUT2D eigenvalue weighted by Gasteiger charge is 2.08. The van der Waals surface area contributed by atoms with Crippen molar-refractivity contribution in [3.05, 3.63) is 23.8 Å². The van der Waals surface area contributed by atoms with Crippen molar-refractivity contribution in [3.63, 3.8) is 0 Å². The number of carboxylic acids is 1. The molecule has 0 amide bonds. The van der Waals surface area contributed by atoms with Gasteiger partial charge in [-0.25, -0.2) is 8.78 Å². The SMILES string of the molecule is Nc1cc(F)c(F)cc1OCCC(=O)O. The first-order valence-corrected chi connectivity index (χ1v) is 4.10. The van der Waals surface area contributed by atoms with Gasteiger partial charge in [0, 0.05) is 12.1 Å². The van der Waals surface area contributed by atoms with Gasteiger partial charge >= 0.3 is 5.97 Å². The summed E-state index contributed by atoms with van der Waals surface area (Å²) >= 11 is 0. The molecule has 0 radical (unpaired) electrons. The largest absolute Gasteiger partial charge is 0.491 e. The van der Waals surface area contributed by atoms with Crippen molar-refractivity contribution in [2.24, 2.45) is 0 Å². The second-order valence-corrected chi connectivity index (χ2v) is 2.80. The average Bonchev–Trinajstić information content (AvgIpc) is 2.13. The van der Waals surface area contributed by atoms with Gasteiger partial charge in [-0.3, -0.25) is 4.79 Å². The topological polar surface area (TPSA) is 72.5 Å². The number of aliphatic carboxylic acids is 1. The minimum atomic E-state index is -1.09. The molecule has 3 N–H and O–H groups in total. The van der Waals surface area contributed by atoms with Crippen LogP contribution in [-0.2, 0) is 4.79 Å². The standard InChI is InChI=1S/C9H9F2NO3/c10-5-3-7(12)8(4-6(5)11)15-2-1-9(13)14/h3-4H,1-2,12H2,(H,13,14). The summed E-state index contributed by atoms with van der Waals surface area (Å²) in [5.41, 5.74) is 5.26. The summed E-state index contributed by atoms with van der Waals surface area (Å²) in [6, 6.07) is 1.57. The molecule has 0 aliphatic heterocycles. The fourth-order valence-electron chi connectivity index (χ4n) is 0.917. The van der Waals surface area contributed by atoms with Gasteiger partial charge in [0.1, 0.15) is 5.75 Å². The van der Waals surface area contributed by atoms with E-state index in [2.05, 4.69) is 0 Å². The van der Waals surface area contributed by atoms with E-state index in [0.29, 0.717) is 0 Å². The Bertz CT molecular complexity index is 382. The summed E-state index contributed by atoms with van der Waals surface area (Å²) < 4.78 is 30.2. The maximum absolute atomic E-state index is 12.7. The van der Waals surface area contributed by atoms with Gasteiger partial charge in [0.25, 0.3) is 0 Å². The van der Waals surface area contributed by atoms with Gasteiger partial charge < -0.3 is 15.6 Å². The Balaban J connectivity index is 2.69. The molecule has 0 heterocycles. The third-order valence-corrected chi connectivity index (χ3v) is 1.63. The minimum Gasteiger partial charge on any atom is -0.491 e. The van der Waals surface area contributed by atoms with Crippen molar-refractivity contribution in [1.29, 1.82) is 0 Å². The molecular formula is C9H9F2NO3. The van der Waals surface area contributed by atoms with Crippen molar-refractivity contribution in [2.75, 3.05) is 12.3 Å². The monoisotopic (exact) mass is 217 g/mol. The number of carbonyl (C=O) groups is 1. The van der Waals surface area contributed by atoms with Gasteiger partial charge in [-0.05, 0) is 0 Å². The van der Waals surface area contributed by atoms with Crippen molar-refractivity contribution in [1.82, 2.24) is 0 Å². The van der Waals surface area contributed by atoms with E-state index < -0.39 is 17.6 Å². The molecule has 1 aromatic carbocycles. The summed E-state index contributed by atoms with van der Waals surface area (Å²) in [5.74, 6) is -3.26. The summed E-state index contributed by atoms with van der Waals surface area (Å²) in [6.45, 7) is -0.148. The molecule has 6 heteroatoms. The smallest absolute Gasteiger partial charge is 0.306 e. The summed E-state index contributed by atoms with van der Waals surface area (Å²) in [7, 11) is 0. The van der Waals surface area contributed by atoms with E-state index >= 15 is 0 Å². The molecule has 15 heavy (non-hydrogen) atoms. The third-order valence-electron chi connectivity index (χ3n) is 1.63. The first-order valence-electron chi connectivity index (χ1n) is 4.10. The number of rotatable bonds is 4. The highest BCUT2D eigenvalue weighted by molar-refractivity contribution is 5.66. The Morgan fingerprint density at radius 3 is 2.60 bits per heavy atom. The van der Waals surface area contributed by atoms with Crippen LogP contribution in [0.25, 0.3) is 0 Å². The van der Waals surface area contributed by atoms with Gasteiger partial charge in [0.15, 0.2) is 11.6 Å². The van der Waals surface area contributed by atoms with Crippen LogP contribution in [0, 0.1) is 11.6 Å². The minimum absolute atomic E-state index is 0.0600. The second kappa shape index (κ2) is 4.59. The van der Waals surface area contributed by atoms with Crippen LogP contribution in [0.4, 0.5) is 14.5 Å². The van der Waals surface area contributed by atoms with Crippen LogP contribution >= 0.6 is 0 Å². The molecule has 0 atom stereocenters. The highest BCUT2D eigenvalue weighted by Crippen LogP contribution is 2.24. The molecule has 0 aliphatic rings. The predicted molar refractivity (Wildman–Crippen MR) is 48.5 cm³/mol. The Kier molecular flexibility index (Phi) is 3.43. The van der Waals surface area contributed by atoms with Crippen LogP contribution in [0.15, 0.2) is 12.1 Å². The molecule has 4 nitrogen and oxygen atoms in total. The number of nitrogen functional groups attached to an aromatic ring is 1. The zero-order valence-corrected chi connectivity index (χ0v) is 7.67. The van der Waals surface area contributed by atoms with Gasteiger partial charge in [-0.1, -0.05) is 0 Å². The maximum atomic E-state index is 12.7. The molecule has 1 rings (SSSR count). The van der Waals surface area contributed by atoms with Crippen molar-refractivity contribution in [3.8, 4) is 5.75 Å². The Labute approximate surface area is 84.3 Å². The molecule has 0 saturated carbocycles. The van der Waals surface area contributed by atoms with Crippen LogP contribution in [-0.4, -0.2) is 17.7 Å². The molecule has 0 aliphatic carbocycles. The van der Waals surface area contributed by atoms with Gasteiger partial charge in [0.05, 0.1) is 18.7 Å². The first-order chi connectivity index (χ1) is 7.00. The van der Waals surface area contributed by atoms with E-state index in [1.54, 1.807) is 0 Å². The van der Waals surface area contributed by atoms with Gasteiger partial charge in [-0.2, -0.15) is 0 Å². The van der Waals surface area contributed by atoms with Crippen molar-refractivity contribution < 1.29 is 23.4 Å². The molecular weight excluding hydrogens is 208 g/mol. The Hall–Kier alpha value is -1.85. The number of anilines is 1. The maximum Gasteiger partial charge on any atom is 0.306 e. The molecule has 0 fully saturated rings. The number of nitrogens with two attached hydrogens (primary N) is 1. The van der Waals surface area contributed by atoms with Crippen LogP contribution < -0.4 is 10.5 Å². The number of hydrogen-bond donors (Lipinski definition) is 2. The van der Waals surface area contributed by atoms with E-state index in [0.717, 1.165) is 12.1 Å². The van der Waals surface area contributed by atoms with Crippen molar-refractivity contribution >= 4 is 11.7 Å². The fraction of sp³-hybridized carbons (Fsp3) is 0.222. The summed E-state index contributed by atoms with van der Waals surface area (Å²) in [5, 5.41) is 8.31. The Morgan fingerprint density at radius 2 is 2.00 bits per heavy atom. The number of carboxylic acid groups (broad SMARTS) is 1. The van der Waals surface area contributed by atoms with Crippen LogP contribution in [0.5, 0.6) is 5.75 Å². The number of benzene rings is 1. The van der Waals surface area contributed by atoms with Gasteiger partial charge in [0.2, 0.25) is 0 Å². The molecule has 0 aromatic heterocycles. The number of ether oxygens (including phenoxy) is 1. The normalized spacial score (nSPS) is 10.0. The first kappa shape index (κ1) is 11.2. The molecule has 1 aromatic rings. The highest BCUT2D eigenvalue weighted by atomic mass is 19.2. The zero-order valence-electron chi connectivity index (χ0n) is 7.67. The molecule has 0 saturated heterocycles. The third kappa shape index (κ3) is 3.08. The average molecular weight is 217 g/mol. The van der Waals surface area contributed by atoms with Crippen molar-refractivity contribution in [2.45, 2.75) is 6.42 Å². The summed E-state index contributed by atoms with van der Waals surface area (Å²) in [4.78, 5) is 10.2. The molecule has 0 spiro atoms. The van der Waals surface area contributed by atoms with Crippen LogP contribution in [0.2, 0.25) is 0 Å². The lowest BCUT2D eigenvalue weighted by atomic mass is 10.3. The zero-order chi connectivity index (χ0) is 11.4. The quantitative estimate of drug-likeness (QED) is 0.747. The number of halogens is 2. The van der Waals surface area contributed by atoms with E-state index in [9.17, 15) is 13.6 Å². The molecule has 0 unspecified atom stereocenters. The Morgan fingerprint density at radius 1 is 1.40 bits per heavy atom. The second-order valence-electron chi connectivity index (χ2n) is 2.80. The predicted octanol–water partition coefficient (Wildman–Crippen LogP) is 1.40. The molecule has 82 valence electrons. The van der Waals surface area contributed by atoms with E-state index in [1.165, 1.54) is 0 Å². The van der Waals surface area contributed by atoms with Crippen LogP contribution in [0.3, 0.4) is 0 Å². The van der Waals surface area contributed by atoms with E-state index in [1.807, 2.05) is 0 Å². The molecule has 0 bridgehead atoms. The van der Waals surface area contributed by atoms with Gasteiger partial charge in [-0.15, -0.1) is 0 Å². The van der Waals surface area contributed by atoms with E-state index in [-0.39, 0.29) is 24.5 Å². The van der Waals surface area contributed by atoms with Crippen LogP contribution in [0.1, 0.15) is 6.42 Å². The number of hydrogen-bond acceptors (Lipinski definition) is 3.